The van der Waals surface area contributed by atoms with Gasteiger partial charge in [0.2, 0.25) is 12.0 Å². The number of rotatable bonds is 12. The van der Waals surface area contributed by atoms with Crippen molar-refractivity contribution in [2.24, 2.45) is 23.7 Å². The number of sulfonamides is 1. The Balaban J connectivity index is 0.880. The number of carbonyl (C=O) groups excluding carboxylic acids is 1. The second-order valence-corrected chi connectivity index (χ2v) is 20.4. The summed E-state index contributed by atoms with van der Waals surface area (Å²) in [6.45, 7) is 7.20. The molecule has 0 radical (unpaired) electrons. The molecule has 2 bridgehead atoms. The van der Waals surface area contributed by atoms with Gasteiger partial charge in [0.25, 0.3) is 21.6 Å². The number of nitro groups is 1. The van der Waals surface area contributed by atoms with E-state index in [2.05, 4.69) is 26.9 Å². The molecule has 2 aromatic carbocycles. The van der Waals surface area contributed by atoms with Crippen LogP contribution in [0.5, 0.6) is 11.5 Å². The van der Waals surface area contributed by atoms with Crippen LogP contribution in [0.15, 0.2) is 77.2 Å². The molecule has 1 aliphatic carbocycles. The highest BCUT2D eigenvalue weighted by molar-refractivity contribution is 7.90. The van der Waals surface area contributed by atoms with Crippen LogP contribution in [-0.4, -0.2) is 110 Å². The Morgan fingerprint density at radius 3 is 2.60 bits per heavy atom. The summed E-state index contributed by atoms with van der Waals surface area (Å²) in [5.41, 5.74) is -0.0517. The quantitative estimate of drug-likeness (QED) is 0.0933. The molecular weight excluding hydrogens is 900 g/mol. The fraction of sp³-hybridized carbons (Fsp3) is 0.522. The molecule has 10 rings (SSSR count). The van der Waals surface area contributed by atoms with E-state index in [9.17, 15) is 36.5 Å². The Morgan fingerprint density at radius 2 is 1.84 bits per heavy atom. The van der Waals surface area contributed by atoms with Gasteiger partial charge in [-0.05, 0) is 98.8 Å². The Labute approximate surface area is 384 Å². The van der Waals surface area contributed by atoms with Crippen LogP contribution in [0.3, 0.4) is 0 Å². The molecule has 358 valence electrons. The first-order valence-electron chi connectivity index (χ1n) is 22.7. The number of benzene rings is 2. The van der Waals surface area contributed by atoms with Gasteiger partial charge in [0, 0.05) is 94.2 Å². The van der Waals surface area contributed by atoms with Crippen LogP contribution in [0.2, 0.25) is 0 Å². The molecule has 2 aromatic heterocycles. The molecule has 17 nitrogen and oxygen atoms in total. The molecule has 67 heavy (non-hydrogen) atoms. The Morgan fingerprint density at radius 1 is 1.04 bits per heavy atom. The van der Waals surface area contributed by atoms with E-state index in [1.165, 1.54) is 24.4 Å². The molecule has 4 saturated heterocycles. The van der Waals surface area contributed by atoms with E-state index in [1.54, 1.807) is 37.4 Å². The van der Waals surface area contributed by atoms with E-state index in [4.69, 9.17) is 23.7 Å². The molecule has 5 aliphatic heterocycles. The zero-order valence-corrected chi connectivity index (χ0v) is 37.8. The molecule has 6 aliphatic rings. The van der Waals surface area contributed by atoms with E-state index in [0.717, 1.165) is 37.1 Å². The molecule has 1 amide bonds. The number of nitrogens with zero attached hydrogens (tertiary/aromatic N) is 4. The fourth-order valence-corrected chi connectivity index (χ4v) is 12.1. The van der Waals surface area contributed by atoms with Crippen molar-refractivity contribution in [2.45, 2.75) is 81.1 Å². The van der Waals surface area contributed by atoms with Crippen LogP contribution in [0.1, 0.15) is 62.7 Å². The number of amides is 1. The normalized spacial score (nSPS) is 27.9. The van der Waals surface area contributed by atoms with Crippen LogP contribution < -0.4 is 19.7 Å². The number of allylic oxidation sites excluding steroid dienone is 1. The SMILES string of the molecule is CC1CCC2C(CN3CCN(c4ccc(C(=O)NS(=O)(=O)c5ccc(NCC6CCOCC6)c([N+](=O)[O-])c5)c(Oc5cnc6[nH]ccc6c5)c4)CC3)=C(C(F)(F)F)OC3OC4(C)CCC1C32O4. The number of alkyl halides is 3. The zero-order valence-electron chi connectivity index (χ0n) is 37.0. The number of hydrogen-bond donors (Lipinski definition) is 3. The third-order valence-electron chi connectivity index (χ3n) is 14.5. The predicted octanol–water partition coefficient (Wildman–Crippen LogP) is 7.47. The monoisotopic (exact) mass is 951 g/mol. The first-order valence-corrected chi connectivity index (χ1v) is 24.2. The standard InChI is InChI=1S/C46H52F3N7O10S/c1-27-3-7-36-34(40(46(47,48)49)64-43-45(36)35(27)9-13-44(2,65-43)66-45)26-54-15-17-55(18-16-54)30-4-6-33(39(22-30)63-31-21-29-10-14-50-41(29)52-25-31)42(57)53-67(60,61)32-5-8-37(38(23-32)56(58)59)51-24-28-11-19-62-20-12-28/h4-6,8,10,14,21-23,25,27-28,35-36,43,51H,3,7,9,11-13,15-20,24,26H2,1-2H3,(H,50,52)(H,53,57). The van der Waals surface area contributed by atoms with E-state index in [1.807, 2.05) is 9.80 Å². The maximum Gasteiger partial charge on any atom is 0.449 e. The van der Waals surface area contributed by atoms with Crippen molar-refractivity contribution in [3.63, 3.8) is 0 Å². The minimum absolute atomic E-state index is 0.00135. The van der Waals surface area contributed by atoms with Gasteiger partial charge < -0.3 is 38.9 Å². The summed E-state index contributed by atoms with van der Waals surface area (Å²) >= 11 is 0. The van der Waals surface area contributed by atoms with Gasteiger partial charge in [0.05, 0.1) is 21.6 Å². The van der Waals surface area contributed by atoms with Crippen molar-refractivity contribution in [3.05, 3.63) is 87.9 Å². The van der Waals surface area contributed by atoms with Gasteiger partial charge in [-0.15, -0.1) is 0 Å². The van der Waals surface area contributed by atoms with Crippen molar-refractivity contribution < 1.29 is 55.0 Å². The number of anilines is 2. The highest BCUT2D eigenvalue weighted by atomic mass is 32.2. The lowest BCUT2D eigenvalue weighted by atomic mass is 9.58. The smallest absolute Gasteiger partial charge is 0.449 e. The lowest BCUT2D eigenvalue weighted by Gasteiger charge is -2.56. The third-order valence-corrected chi connectivity index (χ3v) is 15.8. The van der Waals surface area contributed by atoms with Gasteiger partial charge in [0.15, 0.2) is 5.79 Å². The van der Waals surface area contributed by atoms with Crippen molar-refractivity contribution in [1.29, 1.82) is 0 Å². The number of ether oxygens (including phenoxy) is 5. The molecule has 5 fully saturated rings. The molecule has 4 aromatic rings. The Hall–Kier alpha value is -5.48. The van der Waals surface area contributed by atoms with Crippen LogP contribution in [0, 0.1) is 33.8 Å². The summed E-state index contributed by atoms with van der Waals surface area (Å²) < 4.78 is 104. The number of H-pyrrole nitrogens is 1. The number of aromatic amines is 1. The van der Waals surface area contributed by atoms with Gasteiger partial charge in [-0.1, -0.05) is 6.92 Å². The van der Waals surface area contributed by atoms with E-state index in [-0.39, 0.29) is 52.6 Å². The van der Waals surface area contributed by atoms with E-state index >= 15 is 0 Å². The molecule has 1 saturated carbocycles. The number of pyridine rings is 1. The average molecular weight is 952 g/mol. The minimum Gasteiger partial charge on any atom is -0.456 e. The second kappa shape index (κ2) is 17.2. The summed E-state index contributed by atoms with van der Waals surface area (Å²) in [4.78, 5) is 36.3. The predicted molar refractivity (Wildman–Crippen MR) is 237 cm³/mol. The molecule has 3 N–H and O–H groups in total. The molecular formula is C46H52F3N7O10S. The fourth-order valence-electron chi connectivity index (χ4n) is 11.1. The van der Waals surface area contributed by atoms with Crippen molar-refractivity contribution >= 4 is 44.0 Å². The van der Waals surface area contributed by atoms with Crippen LogP contribution in [-0.2, 0) is 29.0 Å². The van der Waals surface area contributed by atoms with Gasteiger partial charge in [-0.25, -0.2) is 18.1 Å². The lowest BCUT2D eigenvalue weighted by molar-refractivity contribution is -0.384. The number of nitrogens with one attached hydrogen (secondary N) is 3. The first kappa shape index (κ1) is 45.3. The minimum atomic E-state index is -4.73. The first-order chi connectivity index (χ1) is 32.0. The second-order valence-electron chi connectivity index (χ2n) is 18.7. The highest BCUT2D eigenvalue weighted by Crippen LogP contribution is 2.64. The summed E-state index contributed by atoms with van der Waals surface area (Å²) in [6, 6.07) is 11.6. The number of fused-ring (bicyclic) bond motifs is 2. The average Bonchev–Trinajstić information content (AvgIpc) is 3.86. The topological polar surface area (TPSA) is 200 Å². The Bertz CT molecular complexity index is 2720. The number of piperazine rings is 1. The number of carbonyl (C=O) groups is 1. The summed E-state index contributed by atoms with van der Waals surface area (Å²) in [7, 11) is -4.64. The van der Waals surface area contributed by atoms with E-state index < -0.39 is 67.0 Å². The maximum atomic E-state index is 14.9. The van der Waals surface area contributed by atoms with Gasteiger partial charge >= 0.3 is 6.18 Å². The molecule has 7 heterocycles. The number of halogens is 3. The van der Waals surface area contributed by atoms with Crippen LogP contribution >= 0.6 is 0 Å². The van der Waals surface area contributed by atoms with Crippen molar-refractivity contribution in [2.75, 3.05) is 62.7 Å². The van der Waals surface area contributed by atoms with E-state index in [0.29, 0.717) is 70.1 Å². The molecule has 1 spiro atoms. The van der Waals surface area contributed by atoms with Crippen LogP contribution in [0.4, 0.5) is 30.2 Å². The lowest BCUT2D eigenvalue weighted by Crippen LogP contribution is -2.63. The van der Waals surface area contributed by atoms with Crippen molar-refractivity contribution in [3.8, 4) is 11.5 Å². The number of hydrogen-bond acceptors (Lipinski definition) is 14. The van der Waals surface area contributed by atoms with Gasteiger partial charge in [0.1, 0.15) is 28.4 Å². The molecule has 6 atom stereocenters. The Kier molecular flexibility index (Phi) is 11.7. The van der Waals surface area contributed by atoms with Crippen molar-refractivity contribution in [1.82, 2.24) is 19.6 Å². The van der Waals surface area contributed by atoms with Crippen LogP contribution in [0.25, 0.3) is 11.0 Å². The third kappa shape index (κ3) is 8.57. The van der Waals surface area contributed by atoms with Gasteiger partial charge in [-0.3, -0.25) is 19.8 Å². The number of nitro benzene ring substituents is 1. The molecule has 21 heteroatoms. The number of aromatic nitrogens is 2. The highest BCUT2D eigenvalue weighted by Gasteiger charge is 2.72. The molecule has 6 unspecified atom stereocenters. The zero-order chi connectivity index (χ0) is 46.9. The largest absolute Gasteiger partial charge is 0.456 e. The summed E-state index contributed by atoms with van der Waals surface area (Å²) in [5, 5.41) is 15.9. The summed E-state index contributed by atoms with van der Waals surface area (Å²) in [5.74, 6) is -2.84. The summed E-state index contributed by atoms with van der Waals surface area (Å²) in [6.07, 6.45) is 1.54. The van der Waals surface area contributed by atoms with Gasteiger partial charge in [-0.2, -0.15) is 13.2 Å². The maximum absolute atomic E-state index is 14.9.